The van der Waals surface area contributed by atoms with Crippen LogP contribution in [0.15, 0.2) is 255 Å². The summed E-state index contributed by atoms with van der Waals surface area (Å²) in [5, 5.41) is 0. The predicted octanol–water partition coefficient (Wildman–Crippen LogP) is 14.2. The van der Waals surface area contributed by atoms with Crippen molar-refractivity contribution in [3.8, 4) is 79.3 Å². The highest BCUT2D eigenvalue weighted by Gasteiger charge is 2.25. The van der Waals surface area contributed by atoms with E-state index in [9.17, 15) is 0 Å². The number of aromatic nitrogens is 10. The quantitative estimate of drug-likeness (QED) is 0.109. The van der Waals surface area contributed by atoms with Crippen molar-refractivity contribution < 1.29 is 0 Å². The standard InChI is InChI=1S/C62H42N12/c1-8-23-43(24-9-1)52-39-40-63-59(64-52)73(50-35-18-6-19-36-50)60-65-53(44-25-10-2-11-26-44)42-54(66-60)48-33-22-34-49(41-48)58-68-57(47-31-16-5-17-32-47)71-62(72-58)74(51-37-20-7-21-38-51)61-69-55(45-27-12-3-13-28-45)67-56(70-61)46-29-14-4-15-30-46/h1-42H. The second-order valence-corrected chi connectivity index (χ2v) is 17.0. The first kappa shape index (κ1) is 44.7. The highest BCUT2D eigenvalue weighted by Crippen LogP contribution is 2.38. The molecule has 0 spiro atoms. The summed E-state index contributed by atoms with van der Waals surface area (Å²) in [4.78, 5) is 55.1. The van der Waals surface area contributed by atoms with E-state index in [1.54, 1.807) is 6.20 Å². The van der Waals surface area contributed by atoms with Crippen LogP contribution in [0.4, 0.5) is 35.2 Å². The van der Waals surface area contributed by atoms with Gasteiger partial charge in [-0.1, -0.05) is 206 Å². The molecule has 74 heavy (non-hydrogen) atoms. The number of rotatable bonds is 13. The van der Waals surface area contributed by atoms with Gasteiger partial charge in [-0.05, 0) is 42.5 Å². The molecular formula is C62H42N12. The molecule has 12 nitrogen and oxygen atoms in total. The summed E-state index contributed by atoms with van der Waals surface area (Å²) in [5.74, 6) is 3.33. The van der Waals surface area contributed by atoms with Gasteiger partial charge in [-0.15, -0.1) is 0 Å². The number of hydrogen-bond donors (Lipinski definition) is 0. The molecule has 4 heterocycles. The van der Waals surface area contributed by atoms with Gasteiger partial charge in [0.05, 0.1) is 28.5 Å². The highest BCUT2D eigenvalue weighted by molar-refractivity contribution is 5.79. The van der Waals surface area contributed by atoms with Gasteiger partial charge >= 0.3 is 0 Å². The highest BCUT2D eigenvalue weighted by atomic mass is 15.4. The average Bonchev–Trinajstić information content (AvgIpc) is 3.49. The van der Waals surface area contributed by atoms with Crippen LogP contribution < -0.4 is 9.80 Å². The minimum atomic E-state index is 0.307. The van der Waals surface area contributed by atoms with Crippen molar-refractivity contribution in [2.75, 3.05) is 9.80 Å². The Morgan fingerprint density at radius 1 is 0.216 bits per heavy atom. The Bertz CT molecular complexity index is 3780. The van der Waals surface area contributed by atoms with E-state index in [2.05, 4.69) is 0 Å². The van der Waals surface area contributed by atoms with E-state index in [0.29, 0.717) is 58.5 Å². The third-order valence-electron chi connectivity index (χ3n) is 12.1. The Hall–Kier alpha value is -10.5. The van der Waals surface area contributed by atoms with Gasteiger partial charge in [0.1, 0.15) is 0 Å². The molecule has 12 aromatic rings. The molecule has 8 aromatic carbocycles. The summed E-state index contributed by atoms with van der Waals surface area (Å²) in [6.45, 7) is 0. The third-order valence-corrected chi connectivity index (χ3v) is 12.1. The molecule has 0 aliphatic carbocycles. The van der Waals surface area contributed by atoms with Gasteiger partial charge in [0.25, 0.3) is 0 Å². The second kappa shape index (κ2) is 20.5. The molecule has 12 rings (SSSR count). The number of anilines is 6. The molecule has 0 atom stereocenters. The molecule has 0 fully saturated rings. The van der Waals surface area contributed by atoms with E-state index in [1.165, 1.54) is 0 Å². The van der Waals surface area contributed by atoms with Gasteiger partial charge in [0.2, 0.25) is 23.8 Å². The van der Waals surface area contributed by atoms with Crippen LogP contribution >= 0.6 is 0 Å². The third kappa shape index (κ3) is 9.57. The molecule has 0 aliphatic heterocycles. The van der Waals surface area contributed by atoms with Crippen LogP contribution in [0.2, 0.25) is 0 Å². The fourth-order valence-corrected chi connectivity index (χ4v) is 8.49. The maximum atomic E-state index is 5.33. The monoisotopic (exact) mass is 954 g/mol. The Labute approximate surface area is 427 Å². The normalized spacial score (nSPS) is 11.0. The van der Waals surface area contributed by atoms with Crippen molar-refractivity contribution in [2.24, 2.45) is 0 Å². The number of nitrogens with zero attached hydrogens (tertiary/aromatic N) is 12. The summed E-state index contributed by atoms with van der Waals surface area (Å²) in [7, 11) is 0. The minimum absolute atomic E-state index is 0.307. The largest absolute Gasteiger partial charge is 0.247 e. The molecule has 0 bridgehead atoms. The van der Waals surface area contributed by atoms with Crippen LogP contribution in [-0.2, 0) is 0 Å². The smallest absolute Gasteiger partial charge is 0.241 e. The first-order valence-corrected chi connectivity index (χ1v) is 24.0. The van der Waals surface area contributed by atoms with Crippen molar-refractivity contribution in [3.05, 3.63) is 255 Å². The van der Waals surface area contributed by atoms with Crippen LogP contribution in [-0.4, -0.2) is 49.8 Å². The zero-order chi connectivity index (χ0) is 49.5. The number of para-hydroxylation sites is 2. The topological polar surface area (TPSA) is 135 Å². The van der Waals surface area contributed by atoms with Gasteiger partial charge in [-0.25, -0.2) is 39.7 Å². The summed E-state index contributed by atoms with van der Waals surface area (Å²) in [6.07, 6.45) is 1.77. The van der Waals surface area contributed by atoms with E-state index in [1.807, 2.05) is 259 Å². The molecule has 12 heteroatoms. The summed E-state index contributed by atoms with van der Waals surface area (Å²) >= 11 is 0. The summed E-state index contributed by atoms with van der Waals surface area (Å²) in [5.41, 5.74) is 9.56. The van der Waals surface area contributed by atoms with Crippen molar-refractivity contribution >= 4 is 35.2 Å². The Kier molecular flexibility index (Phi) is 12.4. The lowest BCUT2D eigenvalue weighted by Crippen LogP contribution is -2.19. The molecule has 0 unspecified atom stereocenters. The van der Waals surface area contributed by atoms with E-state index < -0.39 is 0 Å². The first-order chi connectivity index (χ1) is 36.7. The van der Waals surface area contributed by atoms with Crippen LogP contribution in [0.3, 0.4) is 0 Å². The molecule has 4 aromatic heterocycles. The lowest BCUT2D eigenvalue weighted by Gasteiger charge is -2.23. The van der Waals surface area contributed by atoms with Gasteiger partial charge in [-0.2, -0.15) is 19.9 Å². The van der Waals surface area contributed by atoms with Gasteiger partial charge < -0.3 is 0 Å². The Morgan fingerprint density at radius 3 is 1.00 bits per heavy atom. The summed E-state index contributed by atoms with van der Waals surface area (Å²) in [6, 6.07) is 81.6. The van der Waals surface area contributed by atoms with Crippen LogP contribution in [0.5, 0.6) is 0 Å². The van der Waals surface area contributed by atoms with Crippen LogP contribution in [0.25, 0.3) is 79.3 Å². The minimum Gasteiger partial charge on any atom is -0.247 e. The molecule has 0 radical (unpaired) electrons. The van der Waals surface area contributed by atoms with Crippen molar-refractivity contribution in [1.29, 1.82) is 0 Å². The Balaban J connectivity index is 1.03. The van der Waals surface area contributed by atoms with Crippen molar-refractivity contribution in [2.45, 2.75) is 0 Å². The van der Waals surface area contributed by atoms with Crippen LogP contribution in [0, 0.1) is 0 Å². The van der Waals surface area contributed by atoms with E-state index in [-0.39, 0.29) is 0 Å². The van der Waals surface area contributed by atoms with E-state index in [4.69, 9.17) is 49.8 Å². The average molecular weight is 955 g/mol. The van der Waals surface area contributed by atoms with Crippen molar-refractivity contribution in [1.82, 2.24) is 49.8 Å². The molecule has 350 valence electrons. The van der Waals surface area contributed by atoms with Gasteiger partial charge in [0, 0.05) is 45.1 Å². The second-order valence-electron chi connectivity index (χ2n) is 17.0. The zero-order valence-corrected chi connectivity index (χ0v) is 39.6. The molecule has 0 N–H and O–H groups in total. The van der Waals surface area contributed by atoms with E-state index in [0.717, 1.165) is 56.0 Å². The fourth-order valence-electron chi connectivity index (χ4n) is 8.49. The fraction of sp³-hybridized carbons (Fsp3) is 0. The molecule has 0 saturated carbocycles. The number of hydrogen-bond acceptors (Lipinski definition) is 12. The lowest BCUT2D eigenvalue weighted by atomic mass is 10.0. The SMILES string of the molecule is c1ccc(-c2ccnc(N(c3ccccc3)c3nc(-c4ccccc4)cc(-c4cccc(-c5nc(-c6ccccc6)nc(N(c6ccccc6)c6nc(-c7ccccc7)nc(-c7ccccc7)n6)n5)c4)n3)n2)cc1. The first-order valence-electron chi connectivity index (χ1n) is 24.0. The maximum Gasteiger partial charge on any atom is 0.241 e. The van der Waals surface area contributed by atoms with E-state index >= 15 is 0 Å². The zero-order valence-electron chi connectivity index (χ0n) is 39.6. The lowest BCUT2D eigenvalue weighted by molar-refractivity contribution is 0.964. The molecule has 0 amide bonds. The molecule has 0 aliphatic rings. The number of benzene rings is 8. The predicted molar refractivity (Wildman–Crippen MR) is 292 cm³/mol. The molecule has 0 saturated heterocycles. The van der Waals surface area contributed by atoms with Gasteiger partial charge in [-0.3, -0.25) is 0 Å². The summed E-state index contributed by atoms with van der Waals surface area (Å²) < 4.78 is 0. The van der Waals surface area contributed by atoms with Crippen LogP contribution in [0.1, 0.15) is 0 Å². The van der Waals surface area contributed by atoms with Gasteiger partial charge in [0.15, 0.2) is 23.3 Å². The Morgan fingerprint density at radius 2 is 0.541 bits per heavy atom. The maximum absolute atomic E-state index is 5.33. The molecular weight excluding hydrogens is 913 g/mol. The van der Waals surface area contributed by atoms with Crippen molar-refractivity contribution in [3.63, 3.8) is 0 Å².